The molecule has 7 nitrogen and oxygen atoms in total. The number of H-pyrrole nitrogens is 1. The Labute approximate surface area is 161 Å². The Morgan fingerprint density at radius 3 is 2.65 bits per heavy atom. The van der Waals surface area contributed by atoms with E-state index in [4.69, 9.17) is 17.0 Å². The molecule has 1 atom stereocenters. The summed E-state index contributed by atoms with van der Waals surface area (Å²) < 4.78 is 5.35. The fraction of sp³-hybridized carbons (Fsp3) is 0.667. The Kier molecular flexibility index (Phi) is 6.88. The van der Waals surface area contributed by atoms with Gasteiger partial charge in [0.1, 0.15) is 11.8 Å². The van der Waals surface area contributed by atoms with E-state index < -0.39 is 0 Å². The molecule has 0 aliphatic heterocycles. The maximum Gasteiger partial charge on any atom is 0.182 e. The molecule has 26 heavy (non-hydrogen) atoms. The van der Waals surface area contributed by atoms with E-state index >= 15 is 0 Å². The lowest BCUT2D eigenvalue weighted by molar-refractivity contribution is 0.203. The second kappa shape index (κ2) is 8.73. The van der Waals surface area contributed by atoms with Crippen molar-refractivity contribution < 1.29 is 4.74 Å². The molecule has 2 heterocycles. The lowest BCUT2D eigenvalue weighted by atomic mass is 10.00. The number of imidazole rings is 1. The summed E-state index contributed by atoms with van der Waals surface area (Å²) in [5.41, 5.74) is 1.36. The molecule has 2 rings (SSSR count). The van der Waals surface area contributed by atoms with Gasteiger partial charge in [0.2, 0.25) is 0 Å². The highest BCUT2D eigenvalue weighted by Crippen LogP contribution is 2.25. The van der Waals surface area contributed by atoms with Crippen LogP contribution in [0.25, 0.3) is 11.2 Å². The highest BCUT2D eigenvalue weighted by molar-refractivity contribution is 7.80. The number of nitrogens with zero attached hydrogens (tertiary/aromatic N) is 4. The van der Waals surface area contributed by atoms with Crippen molar-refractivity contribution in [3.05, 3.63) is 12.7 Å². The number of aromatic amines is 1. The van der Waals surface area contributed by atoms with Crippen molar-refractivity contribution in [1.82, 2.24) is 25.3 Å². The van der Waals surface area contributed by atoms with Crippen molar-refractivity contribution in [2.75, 3.05) is 25.2 Å². The zero-order valence-electron chi connectivity index (χ0n) is 16.5. The number of ether oxygens (including phenoxy) is 1. The molecule has 2 aromatic rings. The van der Waals surface area contributed by atoms with Crippen molar-refractivity contribution >= 4 is 34.2 Å². The predicted molar refractivity (Wildman–Crippen MR) is 110 cm³/mol. The van der Waals surface area contributed by atoms with E-state index in [9.17, 15) is 0 Å². The Morgan fingerprint density at radius 1 is 1.31 bits per heavy atom. The molecule has 2 N–H and O–H groups in total. The fourth-order valence-corrected chi connectivity index (χ4v) is 3.37. The average Bonchev–Trinajstić information content (AvgIpc) is 3.01. The van der Waals surface area contributed by atoms with Crippen LogP contribution in [0.5, 0.6) is 0 Å². The zero-order chi connectivity index (χ0) is 19.3. The molecule has 0 radical (unpaired) electrons. The maximum atomic E-state index is 5.81. The van der Waals surface area contributed by atoms with Crippen LogP contribution in [0, 0.1) is 5.92 Å². The first-order valence-corrected chi connectivity index (χ1v) is 9.35. The van der Waals surface area contributed by atoms with Crippen LogP contribution in [0.15, 0.2) is 12.7 Å². The van der Waals surface area contributed by atoms with Crippen LogP contribution < -0.4 is 10.2 Å². The van der Waals surface area contributed by atoms with Crippen molar-refractivity contribution in [2.24, 2.45) is 5.92 Å². The molecule has 2 aromatic heterocycles. The molecule has 8 heteroatoms. The van der Waals surface area contributed by atoms with Crippen LogP contribution in [0.2, 0.25) is 0 Å². The molecule has 0 amide bonds. The molecular weight excluding hydrogens is 348 g/mol. The third-order valence-corrected chi connectivity index (χ3v) is 4.26. The largest absolute Gasteiger partial charge is 0.383 e. The Hall–Kier alpha value is -1.80. The van der Waals surface area contributed by atoms with Crippen LogP contribution in [0.1, 0.15) is 41.0 Å². The van der Waals surface area contributed by atoms with Gasteiger partial charge in [-0.05, 0) is 33.1 Å². The number of thiocarbonyl (C=S) groups is 1. The summed E-state index contributed by atoms with van der Waals surface area (Å²) in [6.45, 7) is 12.0. The summed E-state index contributed by atoms with van der Waals surface area (Å²) in [7, 11) is 1.70. The van der Waals surface area contributed by atoms with Crippen molar-refractivity contribution in [1.29, 1.82) is 0 Å². The molecule has 0 spiro atoms. The lowest BCUT2D eigenvalue weighted by Crippen LogP contribution is -2.53. The number of fused-ring (bicyclic) bond motifs is 1. The molecule has 0 bridgehead atoms. The smallest absolute Gasteiger partial charge is 0.182 e. The van der Waals surface area contributed by atoms with Gasteiger partial charge in [-0.25, -0.2) is 15.0 Å². The van der Waals surface area contributed by atoms with Gasteiger partial charge in [-0.15, -0.1) is 0 Å². The molecule has 0 saturated carbocycles. The first-order chi connectivity index (χ1) is 12.2. The number of methoxy groups -OCH3 is 1. The van der Waals surface area contributed by atoms with E-state index in [0.717, 1.165) is 22.7 Å². The monoisotopic (exact) mass is 378 g/mol. The number of hydrogen-bond acceptors (Lipinski definition) is 6. The summed E-state index contributed by atoms with van der Waals surface area (Å²) in [6, 6.07) is 0.000718. The summed E-state index contributed by atoms with van der Waals surface area (Å²) >= 11 is 5.81. The number of aromatic nitrogens is 4. The summed E-state index contributed by atoms with van der Waals surface area (Å²) in [4.78, 5) is 19.2. The van der Waals surface area contributed by atoms with Gasteiger partial charge in [0.15, 0.2) is 11.5 Å². The fourth-order valence-electron chi connectivity index (χ4n) is 2.84. The van der Waals surface area contributed by atoms with Crippen molar-refractivity contribution in [3.8, 4) is 0 Å². The first kappa shape index (κ1) is 20.5. The minimum atomic E-state index is -0.103. The number of hydrogen-bond donors (Lipinski definition) is 2. The second-order valence-electron chi connectivity index (χ2n) is 7.87. The normalized spacial score (nSPS) is 13.2. The number of rotatable bonds is 8. The highest BCUT2D eigenvalue weighted by atomic mass is 32.1. The van der Waals surface area contributed by atoms with E-state index in [1.54, 1.807) is 19.8 Å². The van der Waals surface area contributed by atoms with Crippen molar-refractivity contribution in [3.63, 3.8) is 0 Å². The zero-order valence-corrected chi connectivity index (χ0v) is 17.4. The van der Waals surface area contributed by atoms with E-state index in [2.05, 4.69) is 64.8 Å². The van der Waals surface area contributed by atoms with E-state index in [-0.39, 0.29) is 11.6 Å². The molecule has 1 unspecified atom stereocenters. The topological polar surface area (TPSA) is 79.0 Å². The van der Waals surface area contributed by atoms with Crippen LogP contribution in [-0.2, 0) is 4.74 Å². The third-order valence-electron chi connectivity index (χ3n) is 3.88. The SMILES string of the molecule is COCCN(c1ncnc2nc[nH]c12)C(CC(C)C)C(=S)NC(C)(C)C. The van der Waals surface area contributed by atoms with Gasteiger partial charge in [-0.3, -0.25) is 0 Å². The van der Waals surface area contributed by atoms with Crippen LogP contribution in [0.4, 0.5) is 5.82 Å². The maximum absolute atomic E-state index is 5.81. The van der Waals surface area contributed by atoms with Crippen LogP contribution >= 0.6 is 12.2 Å². The quantitative estimate of drug-likeness (QED) is 0.684. The van der Waals surface area contributed by atoms with Gasteiger partial charge in [0.25, 0.3) is 0 Å². The van der Waals surface area contributed by atoms with Gasteiger partial charge in [0, 0.05) is 19.2 Å². The van der Waals surface area contributed by atoms with Gasteiger partial charge < -0.3 is 19.9 Å². The molecule has 0 fully saturated rings. The molecule has 0 aliphatic rings. The van der Waals surface area contributed by atoms with Gasteiger partial charge >= 0.3 is 0 Å². The molecule has 0 aliphatic carbocycles. The average molecular weight is 379 g/mol. The van der Waals surface area contributed by atoms with Crippen LogP contribution in [0.3, 0.4) is 0 Å². The van der Waals surface area contributed by atoms with Gasteiger partial charge in [-0.1, -0.05) is 26.1 Å². The van der Waals surface area contributed by atoms with E-state index in [1.165, 1.54) is 0 Å². The van der Waals surface area contributed by atoms with Gasteiger partial charge in [0.05, 0.1) is 24.0 Å². The Balaban J connectivity index is 2.45. The number of anilines is 1. The Morgan fingerprint density at radius 2 is 2.04 bits per heavy atom. The molecule has 0 aromatic carbocycles. The lowest BCUT2D eigenvalue weighted by Gasteiger charge is -2.36. The summed E-state index contributed by atoms with van der Waals surface area (Å²) in [6.07, 6.45) is 4.09. The summed E-state index contributed by atoms with van der Waals surface area (Å²) in [5.74, 6) is 1.28. The second-order valence-corrected chi connectivity index (χ2v) is 8.31. The number of nitrogens with one attached hydrogen (secondary N) is 2. The van der Waals surface area contributed by atoms with Gasteiger partial charge in [-0.2, -0.15) is 0 Å². The van der Waals surface area contributed by atoms with E-state index in [0.29, 0.717) is 24.7 Å². The standard InChI is InChI=1S/C18H30N6OS/c1-12(2)9-13(17(26)23-18(3,4)5)24(7-8-25-6)16-14-15(20-10-19-14)21-11-22-16/h10-13H,7-9H2,1-6H3,(H,23,26)(H,19,20,21,22). The highest BCUT2D eigenvalue weighted by Gasteiger charge is 2.29. The molecule has 0 saturated heterocycles. The first-order valence-electron chi connectivity index (χ1n) is 8.94. The van der Waals surface area contributed by atoms with Crippen LogP contribution in [-0.4, -0.2) is 56.8 Å². The minimum absolute atomic E-state index is 0.000718. The molecular formula is C18H30N6OS. The molecule has 144 valence electrons. The third kappa shape index (κ3) is 5.35. The van der Waals surface area contributed by atoms with E-state index in [1.807, 2.05) is 0 Å². The Bertz CT molecular complexity index is 724. The van der Waals surface area contributed by atoms with Crippen molar-refractivity contribution in [2.45, 2.75) is 52.6 Å². The summed E-state index contributed by atoms with van der Waals surface area (Å²) in [5, 5.41) is 3.47. The predicted octanol–water partition coefficient (Wildman–Crippen LogP) is 2.94. The minimum Gasteiger partial charge on any atom is -0.383 e.